The molecule has 0 radical (unpaired) electrons. The van der Waals surface area contributed by atoms with E-state index in [0.29, 0.717) is 12.4 Å². The maximum Gasteiger partial charge on any atom is 0.240 e. The summed E-state index contributed by atoms with van der Waals surface area (Å²) in [6.45, 7) is 2.40. The summed E-state index contributed by atoms with van der Waals surface area (Å²) < 4.78 is 5.01. The zero-order chi connectivity index (χ0) is 14.5. The molecule has 1 aliphatic rings. The van der Waals surface area contributed by atoms with Gasteiger partial charge in [0.1, 0.15) is 0 Å². The number of para-hydroxylation sites is 1. The van der Waals surface area contributed by atoms with E-state index in [1.54, 1.807) is 0 Å². The number of aromatic nitrogens is 2. The van der Waals surface area contributed by atoms with Gasteiger partial charge in [-0.05, 0) is 38.1 Å². The summed E-state index contributed by atoms with van der Waals surface area (Å²) in [5.74, 6) is 0.810. The van der Waals surface area contributed by atoms with Gasteiger partial charge < -0.3 is 9.84 Å². The van der Waals surface area contributed by atoms with Crippen LogP contribution in [0.2, 0.25) is 0 Å². The number of benzene rings is 1. The van der Waals surface area contributed by atoms with E-state index in [9.17, 15) is 4.79 Å². The lowest BCUT2D eigenvalue weighted by Gasteiger charge is -2.30. The third-order valence-corrected chi connectivity index (χ3v) is 3.77. The topological polar surface area (TPSA) is 71.3 Å². The van der Waals surface area contributed by atoms with E-state index in [1.165, 1.54) is 6.33 Å². The van der Waals surface area contributed by atoms with E-state index in [4.69, 9.17) is 4.52 Å². The van der Waals surface area contributed by atoms with E-state index in [2.05, 4.69) is 20.4 Å². The Morgan fingerprint density at radius 3 is 2.71 bits per heavy atom. The summed E-state index contributed by atoms with van der Waals surface area (Å²) in [5.41, 5.74) is 0.857. The Morgan fingerprint density at radius 1 is 1.29 bits per heavy atom. The number of hydrogen-bond acceptors (Lipinski definition) is 5. The van der Waals surface area contributed by atoms with E-state index in [-0.39, 0.29) is 11.8 Å². The number of likely N-dealkylation sites (tertiary alicyclic amines) is 1. The molecule has 0 bridgehead atoms. The van der Waals surface area contributed by atoms with Gasteiger partial charge in [0.25, 0.3) is 0 Å². The molecule has 0 unspecified atom stereocenters. The number of amides is 1. The van der Waals surface area contributed by atoms with Crippen molar-refractivity contribution in [3.63, 3.8) is 0 Å². The molecule has 1 aromatic carbocycles. The summed E-state index contributed by atoms with van der Waals surface area (Å²) in [6.07, 6.45) is 3.12. The van der Waals surface area contributed by atoms with Crippen molar-refractivity contribution in [2.45, 2.75) is 19.4 Å². The van der Waals surface area contributed by atoms with Crippen molar-refractivity contribution in [1.82, 2.24) is 15.0 Å². The van der Waals surface area contributed by atoms with E-state index in [0.717, 1.165) is 31.6 Å². The van der Waals surface area contributed by atoms with E-state index in [1.807, 2.05) is 30.3 Å². The van der Waals surface area contributed by atoms with Crippen LogP contribution >= 0.6 is 0 Å². The predicted molar refractivity (Wildman–Crippen MR) is 77.4 cm³/mol. The third kappa shape index (κ3) is 3.66. The molecule has 1 N–H and O–H groups in total. The molecule has 1 aliphatic heterocycles. The molecule has 1 amide bonds. The Hall–Kier alpha value is -2.21. The summed E-state index contributed by atoms with van der Waals surface area (Å²) >= 11 is 0. The molecule has 0 saturated carbocycles. The quantitative estimate of drug-likeness (QED) is 0.929. The molecule has 1 saturated heterocycles. The fourth-order valence-electron chi connectivity index (χ4n) is 2.58. The number of anilines is 1. The summed E-state index contributed by atoms with van der Waals surface area (Å²) in [6, 6.07) is 9.59. The lowest BCUT2D eigenvalue weighted by Crippen LogP contribution is -2.37. The van der Waals surface area contributed by atoms with Crippen LogP contribution in [-0.4, -0.2) is 34.0 Å². The first kappa shape index (κ1) is 13.8. The highest BCUT2D eigenvalue weighted by molar-refractivity contribution is 5.92. The Bertz CT molecular complexity index is 563. The molecular formula is C15H18N4O2. The first-order chi connectivity index (χ1) is 10.3. The molecule has 21 heavy (non-hydrogen) atoms. The normalized spacial score (nSPS) is 16.8. The highest BCUT2D eigenvalue weighted by Gasteiger charge is 2.25. The molecule has 110 valence electrons. The van der Waals surface area contributed by atoms with Crippen molar-refractivity contribution in [2.24, 2.45) is 5.92 Å². The zero-order valence-electron chi connectivity index (χ0n) is 11.7. The van der Waals surface area contributed by atoms with Gasteiger partial charge in [0.15, 0.2) is 6.33 Å². The maximum atomic E-state index is 12.2. The largest absolute Gasteiger partial charge is 0.338 e. The number of carbonyl (C=O) groups is 1. The molecule has 2 aromatic rings. The second-order valence-corrected chi connectivity index (χ2v) is 5.24. The fourth-order valence-corrected chi connectivity index (χ4v) is 2.58. The van der Waals surface area contributed by atoms with Crippen molar-refractivity contribution >= 4 is 11.6 Å². The van der Waals surface area contributed by atoms with Crippen LogP contribution in [0.1, 0.15) is 18.7 Å². The SMILES string of the molecule is O=C(Nc1ccccc1)C1CCN(Cc2ncno2)CC1. The predicted octanol–water partition coefficient (Wildman–Crippen LogP) is 1.92. The van der Waals surface area contributed by atoms with Gasteiger partial charge in [0.2, 0.25) is 11.8 Å². The van der Waals surface area contributed by atoms with Crippen LogP contribution in [0.4, 0.5) is 5.69 Å². The molecule has 1 aromatic heterocycles. The Kier molecular flexibility index (Phi) is 4.25. The lowest BCUT2D eigenvalue weighted by molar-refractivity contribution is -0.121. The summed E-state index contributed by atoms with van der Waals surface area (Å²) in [5, 5.41) is 6.57. The number of carbonyl (C=O) groups excluding carboxylic acids is 1. The van der Waals surface area contributed by atoms with Crippen LogP contribution in [0.5, 0.6) is 0 Å². The minimum Gasteiger partial charge on any atom is -0.338 e. The molecule has 0 aliphatic carbocycles. The zero-order valence-corrected chi connectivity index (χ0v) is 11.7. The van der Waals surface area contributed by atoms with Gasteiger partial charge in [-0.2, -0.15) is 4.98 Å². The number of hydrogen-bond donors (Lipinski definition) is 1. The summed E-state index contributed by atoms with van der Waals surface area (Å²) in [4.78, 5) is 18.5. The average molecular weight is 286 g/mol. The first-order valence-corrected chi connectivity index (χ1v) is 7.15. The molecular weight excluding hydrogens is 268 g/mol. The van der Waals surface area contributed by atoms with Crippen molar-refractivity contribution < 1.29 is 9.32 Å². The Labute approximate surface area is 123 Å². The molecule has 1 fully saturated rings. The average Bonchev–Trinajstić information content (AvgIpc) is 3.02. The van der Waals surface area contributed by atoms with Crippen LogP contribution in [-0.2, 0) is 11.3 Å². The number of nitrogens with one attached hydrogen (secondary N) is 1. The van der Waals surface area contributed by atoms with Crippen molar-refractivity contribution in [3.8, 4) is 0 Å². The number of nitrogens with zero attached hydrogens (tertiary/aromatic N) is 3. The van der Waals surface area contributed by atoms with Crippen molar-refractivity contribution in [1.29, 1.82) is 0 Å². The first-order valence-electron chi connectivity index (χ1n) is 7.15. The minimum atomic E-state index is 0.0733. The number of piperidine rings is 1. The van der Waals surface area contributed by atoms with Gasteiger partial charge in [0.05, 0.1) is 6.54 Å². The van der Waals surface area contributed by atoms with Gasteiger partial charge in [-0.3, -0.25) is 9.69 Å². The second-order valence-electron chi connectivity index (χ2n) is 5.24. The molecule has 6 nitrogen and oxygen atoms in total. The van der Waals surface area contributed by atoms with Gasteiger partial charge in [-0.25, -0.2) is 0 Å². The molecule has 2 heterocycles. The minimum absolute atomic E-state index is 0.0733. The van der Waals surface area contributed by atoms with E-state index >= 15 is 0 Å². The molecule has 0 atom stereocenters. The van der Waals surface area contributed by atoms with Crippen LogP contribution < -0.4 is 5.32 Å². The smallest absolute Gasteiger partial charge is 0.240 e. The van der Waals surface area contributed by atoms with Gasteiger partial charge >= 0.3 is 0 Å². The second kappa shape index (κ2) is 6.49. The van der Waals surface area contributed by atoms with Crippen LogP contribution in [0.15, 0.2) is 41.2 Å². The summed E-state index contributed by atoms with van der Waals surface area (Å²) in [7, 11) is 0. The third-order valence-electron chi connectivity index (χ3n) is 3.77. The maximum absolute atomic E-state index is 12.2. The fraction of sp³-hybridized carbons (Fsp3) is 0.400. The van der Waals surface area contributed by atoms with Crippen LogP contribution in [0, 0.1) is 5.92 Å². The molecule has 3 rings (SSSR count). The van der Waals surface area contributed by atoms with Gasteiger partial charge in [0, 0.05) is 11.6 Å². The van der Waals surface area contributed by atoms with Crippen LogP contribution in [0.3, 0.4) is 0 Å². The monoisotopic (exact) mass is 286 g/mol. The van der Waals surface area contributed by atoms with Crippen molar-refractivity contribution in [2.75, 3.05) is 18.4 Å². The Balaban J connectivity index is 1.48. The van der Waals surface area contributed by atoms with Gasteiger partial charge in [-0.15, -0.1) is 0 Å². The highest BCUT2D eigenvalue weighted by Crippen LogP contribution is 2.20. The standard InChI is InChI=1S/C15H18N4O2/c20-15(18-13-4-2-1-3-5-13)12-6-8-19(9-7-12)10-14-16-11-17-21-14/h1-5,11-12H,6-10H2,(H,18,20). The lowest BCUT2D eigenvalue weighted by atomic mass is 9.96. The molecule has 6 heteroatoms. The highest BCUT2D eigenvalue weighted by atomic mass is 16.5. The Morgan fingerprint density at radius 2 is 2.05 bits per heavy atom. The van der Waals surface area contributed by atoms with E-state index < -0.39 is 0 Å². The van der Waals surface area contributed by atoms with Gasteiger partial charge in [-0.1, -0.05) is 23.4 Å². The van der Waals surface area contributed by atoms with Crippen molar-refractivity contribution in [3.05, 3.63) is 42.5 Å². The number of rotatable bonds is 4. The molecule has 0 spiro atoms. The van der Waals surface area contributed by atoms with Crippen LogP contribution in [0.25, 0.3) is 0 Å².